The van der Waals surface area contributed by atoms with Crippen molar-refractivity contribution in [2.24, 2.45) is 0 Å². The lowest BCUT2D eigenvalue weighted by Gasteiger charge is -2.15. The van der Waals surface area contributed by atoms with Crippen LogP contribution in [-0.4, -0.2) is 52.1 Å². The minimum atomic E-state index is -4.74. The Morgan fingerprint density at radius 2 is 1.79 bits per heavy atom. The molecule has 0 saturated carbocycles. The number of carbonyl (C=O) groups excluding carboxylic acids is 1. The van der Waals surface area contributed by atoms with Gasteiger partial charge >= 0.3 is 6.18 Å². The highest BCUT2D eigenvalue weighted by atomic mass is 19.4. The number of benzene rings is 1. The average molecular weight is 624 g/mol. The Bertz CT molecular complexity index is 1450. The third kappa shape index (κ3) is 10.3. The predicted molar refractivity (Wildman–Crippen MR) is 145 cm³/mol. The summed E-state index contributed by atoms with van der Waals surface area (Å²) in [6.07, 6.45) is -1.65. The quantitative estimate of drug-likeness (QED) is 0.151. The normalized spacial score (nSPS) is 11.3. The van der Waals surface area contributed by atoms with E-state index in [4.69, 9.17) is 11.5 Å². The molecule has 0 aliphatic carbocycles. The summed E-state index contributed by atoms with van der Waals surface area (Å²) in [6.45, 7) is 2.66. The number of H-pyrrole nitrogens is 1. The van der Waals surface area contributed by atoms with Crippen LogP contribution < -0.4 is 17.0 Å². The van der Waals surface area contributed by atoms with E-state index >= 15 is 0 Å². The van der Waals surface area contributed by atoms with Gasteiger partial charge in [0.05, 0.1) is 30.2 Å². The molecule has 17 heteroatoms. The van der Waals surface area contributed by atoms with Crippen LogP contribution in [0.15, 0.2) is 35.5 Å². The smallest absolute Gasteiger partial charge is 0.397 e. The molecule has 9 nitrogen and oxygen atoms in total. The fourth-order valence-corrected chi connectivity index (χ4v) is 3.41. The van der Waals surface area contributed by atoms with Crippen LogP contribution in [0.25, 0.3) is 17.2 Å². The first-order valence-corrected chi connectivity index (χ1v) is 12.3. The van der Waals surface area contributed by atoms with E-state index in [0.717, 1.165) is 43.8 Å². The number of aldehydes is 1. The van der Waals surface area contributed by atoms with Gasteiger partial charge in [-0.25, -0.2) is 32.6 Å². The molecule has 1 aromatic carbocycles. The van der Waals surface area contributed by atoms with Crippen molar-refractivity contribution in [1.82, 2.24) is 25.1 Å². The number of nitrogens with two attached hydrogens (primary N) is 2. The van der Waals surface area contributed by atoms with Gasteiger partial charge in [-0.3, -0.25) is 14.0 Å². The Hall–Kier alpha value is -4.57. The van der Waals surface area contributed by atoms with Gasteiger partial charge < -0.3 is 16.4 Å². The average Bonchev–Trinajstić information content (AvgIpc) is 2.93. The third-order valence-electron chi connectivity index (χ3n) is 5.46. The monoisotopic (exact) mass is 623 g/mol. The van der Waals surface area contributed by atoms with E-state index < -0.39 is 52.4 Å². The topological polar surface area (TPSA) is 144 Å². The Kier molecular flexibility index (Phi) is 14.2. The van der Waals surface area contributed by atoms with Crippen LogP contribution >= 0.6 is 0 Å². The molecule has 0 fully saturated rings. The highest BCUT2D eigenvalue weighted by Gasteiger charge is 2.36. The van der Waals surface area contributed by atoms with Gasteiger partial charge in [0.15, 0.2) is 12.1 Å². The second kappa shape index (κ2) is 16.8. The molecule has 3 rings (SSSR count). The summed E-state index contributed by atoms with van der Waals surface area (Å²) in [5.41, 5.74) is 5.79. The van der Waals surface area contributed by atoms with E-state index in [1.165, 1.54) is 6.20 Å². The van der Waals surface area contributed by atoms with Gasteiger partial charge in [-0.05, 0) is 18.6 Å². The van der Waals surface area contributed by atoms with E-state index in [-0.39, 0.29) is 22.5 Å². The van der Waals surface area contributed by atoms with Crippen molar-refractivity contribution >= 4 is 23.6 Å². The van der Waals surface area contributed by atoms with E-state index in [2.05, 4.69) is 22.0 Å². The van der Waals surface area contributed by atoms with Crippen molar-refractivity contribution in [2.75, 3.05) is 32.2 Å². The molecular weight excluding hydrogens is 594 g/mol. The number of rotatable bonds is 9. The van der Waals surface area contributed by atoms with E-state index in [9.17, 15) is 44.7 Å². The standard InChI is InChI=1S/C20H22F4N4O.C5H4F3N3O.CH3F/c1-3-4-5-6-28(2)10-17(22)13-8-14(16(21)7-12(13)11-29)20-26-9-15(18(23)24)19(25)27-20;6-5(7,8)3-2(9)1-10-11-4(3)12;1-2/h7-11,18H,3-6H2,1-2H3,(H2,25,26,27);1H,(H3,9,11,12);1H3/b17-10+;;. The summed E-state index contributed by atoms with van der Waals surface area (Å²) in [5, 5.41) is 4.74. The van der Waals surface area contributed by atoms with Gasteiger partial charge in [-0.2, -0.15) is 18.3 Å². The van der Waals surface area contributed by atoms with Gasteiger partial charge in [0.25, 0.3) is 12.0 Å². The first kappa shape index (κ1) is 36.5. The molecule has 0 spiro atoms. The van der Waals surface area contributed by atoms with E-state index in [0.29, 0.717) is 20.0 Å². The number of nitrogens with one attached hydrogen (secondary N) is 1. The lowest BCUT2D eigenvalue weighted by atomic mass is 10.0. The van der Waals surface area contributed by atoms with Crippen molar-refractivity contribution in [3.05, 3.63) is 69.2 Å². The lowest BCUT2D eigenvalue weighted by Crippen LogP contribution is -2.24. The second-order valence-corrected chi connectivity index (χ2v) is 8.56. The number of hydrogen-bond donors (Lipinski definition) is 3. The minimum Gasteiger partial charge on any atom is -0.397 e. The fraction of sp³-hybridized carbons (Fsp3) is 0.346. The summed E-state index contributed by atoms with van der Waals surface area (Å²) in [6, 6.07) is 1.92. The molecule has 0 atom stereocenters. The summed E-state index contributed by atoms with van der Waals surface area (Å²) in [4.78, 5) is 30.9. The zero-order chi connectivity index (χ0) is 32.9. The molecular formula is C26H29F8N7O2. The SMILES string of the molecule is CCCCCN(C)/C=C(/F)c1cc(-c2ncc(C(F)F)c(N)n2)c(F)cc1C=O.CF.Nc1cn[nH]c(=O)c1C(F)(F)F. The Labute approximate surface area is 240 Å². The number of nitrogens with zero attached hydrogens (tertiary/aromatic N) is 4. The molecule has 2 heterocycles. The maximum Gasteiger partial charge on any atom is 0.423 e. The Morgan fingerprint density at radius 1 is 1.14 bits per heavy atom. The van der Waals surface area contributed by atoms with Crippen LogP contribution in [0.4, 0.5) is 46.6 Å². The van der Waals surface area contributed by atoms with Crippen LogP contribution in [0.3, 0.4) is 0 Å². The van der Waals surface area contributed by atoms with Crippen molar-refractivity contribution in [3.63, 3.8) is 0 Å². The molecule has 0 radical (unpaired) electrons. The number of carbonyl (C=O) groups is 1. The molecule has 5 N–H and O–H groups in total. The fourth-order valence-electron chi connectivity index (χ4n) is 3.41. The highest BCUT2D eigenvalue weighted by Crippen LogP contribution is 2.31. The second-order valence-electron chi connectivity index (χ2n) is 8.56. The van der Waals surface area contributed by atoms with Gasteiger partial charge in [-0.1, -0.05) is 19.8 Å². The molecule has 0 bridgehead atoms. The van der Waals surface area contributed by atoms with Gasteiger partial charge in [0.2, 0.25) is 0 Å². The van der Waals surface area contributed by atoms with Crippen molar-refractivity contribution in [3.8, 4) is 11.4 Å². The number of unbranched alkanes of at least 4 members (excludes halogenated alkanes) is 2. The first-order chi connectivity index (χ1) is 20.2. The van der Waals surface area contributed by atoms with Crippen LogP contribution in [0.1, 0.15) is 59.7 Å². The number of alkyl halides is 6. The van der Waals surface area contributed by atoms with Crippen molar-refractivity contribution < 1.29 is 39.9 Å². The number of nitrogen functional groups attached to an aromatic ring is 2. The largest absolute Gasteiger partial charge is 0.423 e. The summed E-state index contributed by atoms with van der Waals surface area (Å²) >= 11 is 0. The summed E-state index contributed by atoms with van der Waals surface area (Å²) in [5.74, 6) is -2.43. The number of aromatic nitrogens is 4. The van der Waals surface area contributed by atoms with E-state index in [1.54, 1.807) is 17.0 Å². The first-order valence-electron chi connectivity index (χ1n) is 12.3. The van der Waals surface area contributed by atoms with Gasteiger partial charge in [0.1, 0.15) is 23.0 Å². The molecule has 0 aliphatic rings. The molecule has 43 heavy (non-hydrogen) atoms. The molecule has 236 valence electrons. The van der Waals surface area contributed by atoms with Crippen LogP contribution in [0.5, 0.6) is 0 Å². The van der Waals surface area contributed by atoms with Crippen LogP contribution in [0, 0.1) is 5.82 Å². The number of hydrogen-bond acceptors (Lipinski definition) is 8. The zero-order valence-electron chi connectivity index (χ0n) is 23.2. The Morgan fingerprint density at radius 3 is 2.28 bits per heavy atom. The van der Waals surface area contributed by atoms with Crippen molar-refractivity contribution in [1.29, 1.82) is 0 Å². The number of anilines is 2. The number of halogens is 8. The number of aromatic amines is 1. The maximum atomic E-state index is 14.8. The molecule has 3 aromatic rings. The lowest BCUT2D eigenvalue weighted by molar-refractivity contribution is -0.138. The Balaban J connectivity index is 0.000000549. The summed E-state index contributed by atoms with van der Waals surface area (Å²) < 4.78 is 100. The van der Waals surface area contributed by atoms with Gasteiger partial charge in [-0.15, -0.1) is 0 Å². The zero-order valence-corrected chi connectivity index (χ0v) is 23.2. The van der Waals surface area contributed by atoms with E-state index in [1.807, 2.05) is 0 Å². The van der Waals surface area contributed by atoms with Crippen LogP contribution in [-0.2, 0) is 6.18 Å². The van der Waals surface area contributed by atoms with Crippen molar-refractivity contribution in [2.45, 2.75) is 38.8 Å². The third-order valence-corrected chi connectivity index (χ3v) is 5.46. The highest BCUT2D eigenvalue weighted by molar-refractivity contribution is 5.86. The molecule has 0 amide bonds. The molecule has 0 saturated heterocycles. The van der Waals surface area contributed by atoms with Crippen LogP contribution in [0.2, 0.25) is 0 Å². The predicted octanol–water partition coefficient (Wildman–Crippen LogP) is 5.96. The summed E-state index contributed by atoms with van der Waals surface area (Å²) in [7, 11) is 2.19. The molecule has 0 aliphatic heterocycles. The van der Waals surface area contributed by atoms with Gasteiger partial charge in [0, 0.05) is 37.1 Å². The maximum absolute atomic E-state index is 14.8. The minimum absolute atomic E-state index is 0.154. The molecule has 2 aromatic heterocycles. The molecule has 0 unspecified atom stereocenters.